The first kappa shape index (κ1) is 23.2. The summed E-state index contributed by atoms with van der Waals surface area (Å²) in [7, 11) is 3.57. The van der Waals surface area contributed by atoms with Gasteiger partial charge in [-0.05, 0) is 47.0 Å². The van der Waals surface area contributed by atoms with Crippen LogP contribution < -0.4 is 20.1 Å². The number of amides is 1. The van der Waals surface area contributed by atoms with Crippen molar-refractivity contribution in [2.45, 2.75) is 6.54 Å². The maximum atomic E-state index is 11.7. The molecule has 4 heterocycles. The second-order valence-electron chi connectivity index (χ2n) is 8.77. The summed E-state index contributed by atoms with van der Waals surface area (Å²) < 4.78 is 13.4. The zero-order valence-corrected chi connectivity index (χ0v) is 20.9. The van der Waals surface area contributed by atoms with Gasteiger partial charge in [0, 0.05) is 37.0 Å². The van der Waals surface area contributed by atoms with E-state index in [1.165, 1.54) is 6.08 Å². The molecule has 38 heavy (non-hydrogen) atoms. The van der Waals surface area contributed by atoms with Crippen LogP contribution in [-0.4, -0.2) is 32.5 Å². The maximum Gasteiger partial charge on any atom is 0.247 e. The van der Waals surface area contributed by atoms with Crippen LogP contribution in [0.1, 0.15) is 5.56 Å². The Bertz CT molecular complexity index is 1710. The summed E-state index contributed by atoms with van der Waals surface area (Å²) in [4.78, 5) is 25.2. The summed E-state index contributed by atoms with van der Waals surface area (Å²) in [5.41, 5.74) is 6.64. The third kappa shape index (κ3) is 4.00. The molecule has 0 fully saturated rings. The number of carbonyl (C=O) groups excluding carboxylic acids is 1. The standard InChI is InChI=1S/C29H24N6O3/c1-4-22(36)33-19-10-8-17(9-11-19)27-25-21-13-12-20(38-24-7-5-6-23(34-24)37-3)14-18(21)15-30-28-26(25)29(35(27)2)32-16-31-28/h4-14,16H,1,15H2,2-3H3,(H,33,36)(H,30,31,32). The molecule has 0 aliphatic carbocycles. The number of rotatable bonds is 6. The Balaban J connectivity index is 1.46. The minimum absolute atomic E-state index is 0.254. The monoisotopic (exact) mass is 504 g/mol. The molecular formula is C29H24N6O3. The highest BCUT2D eigenvalue weighted by Gasteiger charge is 2.26. The quantitative estimate of drug-likeness (QED) is 0.292. The van der Waals surface area contributed by atoms with E-state index >= 15 is 0 Å². The molecule has 0 unspecified atom stereocenters. The van der Waals surface area contributed by atoms with Crippen molar-refractivity contribution in [2.24, 2.45) is 7.05 Å². The summed E-state index contributed by atoms with van der Waals surface area (Å²) in [6.07, 6.45) is 2.82. The maximum absolute atomic E-state index is 11.7. The average molecular weight is 505 g/mol. The number of anilines is 2. The number of aromatic nitrogens is 4. The molecule has 3 aromatic heterocycles. The molecular weight excluding hydrogens is 480 g/mol. The van der Waals surface area contributed by atoms with Gasteiger partial charge in [-0.3, -0.25) is 4.79 Å². The Kier molecular flexibility index (Phi) is 5.72. The second kappa shape index (κ2) is 9.36. The van der Waals surface area contributed by atoms with E-state index in [0.29, 0.717) is 29.7 Å². The van der Waals surface area contributed by atoms with Gasteiger partial charge < -0.3 is 24.7 Å². The number of aryl methyl sites for hydroxylation is 1. The number of pyridine rings is 1. The lowest BCUT2D eigenvalue weighted by Gasteiger charge is -2.14. The first-order chi connectivity index (χ1) is 18.6. The predicted octanol–water partition coefficient (Wildman–Crippen LogP) is 5.55. The highest BCUT2D eigenvalue weighted by Crippen LogP contribution is 2.46. The molecule has 0 saturated heterocycles. The van der Waals surface area contributed by atoms with Crippen LogP contribution in [0.15, 0.2) is 79.6 Å². The van der Waals surface area contributed by atoms with Crippen molar-refractivity contribution in [3.05, 3.63) is 85.2 Å². The number of ether oxygens (including phenoxy) is 2. The van der Waals surface area contributed by atoms with Crippen molar-refractivity contribution in [2.75, 3.05) is 17.7 Å². The number of benzene rings is 2. The normalized spacial score (nSPS) is 11.7. The fourth-order valence-electron chi connectivity index (χ4n) is 4.78. The van der Waals surface area contributed by atoms with Gasteiger partial charge in [-0.1, -0.05) is 30.8 Å². The van der Waals surface area contributed by atoms with Crippen LogP contribution in [0.5, 0.6) is 17.5 Å². The van der Waals surface area contributed by atoms with Crippen LogP contribution >= 0.6 is 0 Å². The second-order valence-corrected chi connectivity index (χ2v) is 8.77. The van der Waals surface area contributed by atoms with Gasteiger partial charge in [-0.15, -0.1) is 0 Å². The van der Waals surface area contributed by atoms with Gasteiger partial charge in [-0.2, -0.15) is 4.98 Å². The number of carbonyl (C=O) groups is 1. The van der Waals surface area contributed by atoms with E-state index in [9.17, 15) is 4.79 Å². The van der Waals surface area contributed by atoms with Crippen LogP contribution in [0, 0.1) is 0 Å². The Morgan fingerprint density at radius 2 is 1.92 bits per heavy atom. The van der Waals surface area contributed by atoms with Gasteiger partial charge in [0.25, 0.3) is 0 Å². The smallest absolute Gasteiger partial charge is 0.247 e. The summed E-state index contributed by atoms with van der Waals surface area (Å²) in [6, 6.07) is 19.1. The summed E-state index contributed by atoms with van der Waals surface area (Å²) in [6.45, 7) is 4.07. The van der Waals surface area contributed by atoms with Crippen molar-refractivity contribution < 1.29 is 14.3 Å². The molecule has 9 nitrogen and oxygen atoms in total. The number of nitrogens with one attached hydrogen (secondary N) is 2. The minimum Gasteiger partial charge on any atom is -0.481 e. The molecule has 1 aliphatic heterocycles. The molecule has 0 bridgehead atoms. The molecule has 1 aliphatic rings. The number of hydrogen-bond acceptors (Lipinski definition) is 7. The van der Waals surface area contributed by atoms with Gasteiger partial charge in [0.15, 0.2) is 0 Å². The Morgan fingerprint density at radius 1 is 1.11 bits per heavy atom. The highest BCUT2D eigenvalue weighted by atomic mass is 16.5. The van der Waals surface area contributed by atoms with Crippen molar-refractivity contribution >= 4 is 28.4 Å². The minimum atomic E-state index is -0.254. The number of fused-ring (bicyclic) bond motifs is 2. The Labute approximate surface area is 218 Å². The van der Waals surface area contributed by atoms with Crippen molar-refractivity contribution in [1.82, 2.24) is 19.5 Å². The highest BCUT2D eigenvalue weighted by molar-refractivity contribution is 6.09. The molecule has 2 aromatic carbocycles. The zero-order valence-electron chi connectivity index (χ0n) is 20.9. The number of methoxy groups -OCH3 is 1. The molecule has 0 saturated carbocycles. The SMILES string of the molecule is C=CC(=O)Nc1ccc(-c2c3c4c(ncnc4n2C)NCc2cc(Oc4cccc(OC)n4)ccc2-3)cc1. The summed E-state index contributed by atoms with van der Waals surface area (Å²) >= 11 is 0. The molecule has 6 rings (SSSR count). The number of nitrogens with zero attached hydrogens (tertiary/aromatic N) is 4. The van der Waals surface area contributed by atoms with Crippen LogP contribution in [-0.2, 0) is 18.4 Å². The average Bonchev–Trinajstić information content (AvgIpc) is 3.14. The summed E-state index contributed by atoms with van der Waals surface area (Å²) in [5.74, 6) is 2.12. The number of hydrogen-bond donors (Lipinski definition) is 2. The van der Waals surface area contributed by atoms with Crippen LogP contribution in [0.25, 0.3) is 33.4 Å². The van der Waals surface area contributed by atoms with E-state index in [1.807, 2.05) is 49.5 Å². The lowest BCUT2D eigenvalue weighted by molar-refractivity contribution is -0.111. The lowest BCUT2D eigenvalue weighted by atomic mass is 9.95. The first-order valence-corrected chi connectivity index (χ1v) is 12.0. The van der Waals surface area contributed by atoms with Crippen LogP contribution in [0.3, 0.4) is 0 Å². The van der Waals surface area contributed by atoms with Gasteiger partial charge in [0.2, 0.25) is 17.7 Å². The topological polar surface area (TPSA) is 103 Å². The van der Waals surface area contributed by atoms with Crippen LogP contribution in [0.2, 0.25) is 0 Å². The third-order valence-corrected chi connectivity index (χ3v) is 6.50. The lowest BCUT2D eigenvalue weighted by Crippen LogP contribution is -2.07. The van der Waals surface area contributed by atoms with Crippen molar-refractivity contribution in [3.63, 3.8) is 0 Å². The molecule has 0 atom stereocenters. The van der Waals surface area contributed by atoms with E-state index in [4.69, 9.17) is 9.47 Å². The van der Waals surface area contributed by atoms with Crippen molar-refractivity contribution in [3.8, 4) is 39.9 Å². The van der Waals surface area contributed by atoms with Crippen LogP contribution in [0.4, 0.5) is 11.5 Å². The van der Waals surface area contributed by atoms with Gasteiger partial charge in [0.1, 0.15) is 23.5 Å². The van der Waals surface area contributed by atoms with Crippen molar-refractivity contribution in [1.29, 1.82) is 0 Å². The van der Waals surface area contributed by atoms with Gasteiger partial charge >= 0.3 is 0 Å². The molecule has 2 N–H and O–H groups in total. The van der Waals surface area contributed by atoms with E-state index in [1.54, 1.807) is 25.6 Å². The fraction of sp³-hybridized carbons (Fsp3) is 0.103. The largest absolute Gasteiger partial charge is 0.481 e. The molecule has 9 heteroatoms. The van der Waals surface area contributed by atoms with E-state index in [-0.39, 0.29) is 5.91 Å². The first-order valence-electron chi connectivity index (χ1n) is 12.0. The predicted molar refractivity (Wildman–Crippen MR) is 146 cm³/mol. The van der Waals surface area contributed by atoms with Gasteiger partial charge in [-0.25, -0.2) is 9.97 Å². The molecule has 0 radical (unpaired) electrons. The van der Waals surface area contributed by atoms with Gasteiger partial charge in [0.05, 0.1) is 18.2 Å². The summed E-state index contributed by atoms with van der Waals surface area (Å²) in [5, 5.41) is 7.22. The molecule has 5 aromatic rings. The Morgan fingerprint density at radius 3 is 2.71 bits per heavy atom. The fourth-order valence-corrected chi connectivity index (χ4v) is 4.78. The van der Waals surface area contributed by atoms with E-state index in [0.717, 1.165) is 44.8 Å². The molecule has 0 spiro atoms. The molecule has 188 valence electrons. The van der Waals surface area contributed by atoms with E-state index in [2.05, 4.69) is 42.8 Å². The molecule has 1 amide bonds. The third-order valence-electron chi connectivity index (χ3n) is 6.50. The van der Waals surface area contributed by atoms with E-state index < -0.39 is 0 Å². The Hall–Kier alpha value is -5.18. The zero-order chi connectivity index (χ0) is 26.2.